The Labute approximate surface area is 138 Å². The maximum Gasteiger partial charge on any atom is 0.141 e. The number of ether oxygens (including phenoxy) is 2. The minimum atomic E-state index is 0.336. The molecular formula is C16H22Br2O2. The van der Waals surface area contributed by atoms with Gasteiger partial charge in [-0.05, 0) is 34.3 Å². The van der Waals surface area contributed by atoms with Gasteiger partial charge in [0.2, 0.25) is 0 Å². The second-order valence-corrected chi connectivity index (χ2v) is 7.31. The van der Waals surface area contributed by atoms with Crippen molar-refractivity contribution in [3.8, 4) is 11.5 Å². The molecule has 0 radical (unpaired) electrons. The van der Waals surface area contributed by atoms with Crippen LogP contribution >= 0.6 is 31.9 Å². The normalized spacial score (nSPS) is 17.8. The van der Waals surface area contributed by atoms with E-state index in [0.29, 0.717) is 4.83 Å². The van der Waals surface area contributed by atoms with Crippen molar-refractivity contribution in [2.75, 3.05) is 14.2 Å². The predicted octanol–water partition coefficient (Wildman–Crippen LogP) is 5.87. The van der Waals surface area contributed by atoms with Crippen LogP contribution in [0.25, 0.3) is 0 Å². The molecule has 20 heavy (non-hydrogen) atoms. The summed E-state index contributed by atoms with van der Waals surface area (Å²) in [6.07, 6.45) is 8.07. The largest absolute Gasteiger partial charge is 0.495 e. The third-order valence-corrected chi connectivity index (χ3v) is 5.74. The number of benzene rings is 1. The van der Waals surface area contributed by atoms with E-state index in [1.165, 1.54) is 44.1 Å². The molecular weight excluding hydrogens is 384 g/mol. The Kier molecular flexibility index (Phi) is 6.21. The van der Waals surface area contributed by atoms with E-state index in [2.05, 4.69) is 37.9 Å². The van der Waals surface area contributed by atoms with E-state index in [4.69, 9.17) is 9.47 Å². The summed E-state index contributed by atoms with van der Waals surface area (Å²) < 4.78 is 11.8. The van der Waals surface area contributed by atoms with Crippen LogP contribution in [0, 0.1) is 5.92 Å². The molecule has 1 atom stereocenters. The summed E-state index contributed by atoms with van der Waals surface area (Å²) in [5.41, 5.74) is 1.20. The lowest BCUT2D eigenvalue weighted by molar-refractivity contribution is 0.335. The minimum Gasteiger partial charge on any atom is -0.495 e. The van der Waals surface area contributed by atoms with Gasteiger partial charge in [-0.2, -0.15) is 0 Å². The molecule has 1 fully saturated rings. The van der Waals surface area contributed by atoms with Crippen molar-refractivity contribution in [3.63, 3.8) is 0 Å². The Morgan fingerprint density at radius 1 is 1.15 bits per heavy atom. The molecule has 0 N–H and O–H groups in total. The highest BCUT2D eigenvalue weighted by atomic mass is 79.9. The van der Waals surface area contributed by atoms with Crippen LogP contribution in [-0.4, -0.2) is 14.2 Å². The fraction of sp³-hybridized carbons (Fsp3) is 0.625. The van der Waals surface area contributed by atoms with Crippen LogP contribution in [0.3, 0.4) is 0 Å². The first-order valence-electron chi connectivity index (χ1n) is 7.21. The van der Waals surface area contributed by atoms with Crippen molar-refractivity contribution in [1.29, 1.82) is 0 Å². The van der Waals surface area contributed by atoms with Gasteiger partial charge in [0.1, 0.15) is 16.0 Å². The van der Waals surface area contributed by atoms with Crippen molar-refractivity contribution >= 4 is 31.9 Å². The summed E-state index contributed by atoms with van der Waals surface area (Å²) in [6, 6.07) is 4.10. The van der Waals surface area contributed by atoms with Crippen LogP contribution in [0.2, 0.25) is 0 Å². The quantitative estimate of drug-likeness (QED) is 0.570. The Morgan fingerprint density at radius 2 is 1.85 bits per heavy atom. The lowest BCUT2D eigenvalue weighted by Crippen LogP contribution is -2.09. The number of alkyl halides is 1. The molecule has 0 bridgehead atoms. The highest BCUT2D eigenvalue weighted by Gasteiger charge is 2.22. The van der Waals surface area contributed by atoms with Crippen LogP contribution in [0.15, 0.2) is 16.6 Å². The van der Waals surface area contributed by atoms with E-state index in [1.807, 2.05) is 6.07 Å². The molecule has 0 spiro atoms. The Balaban J connectivity index is 2.16. The molecule has 1 saturated carbocycles. The van der Waals surface area contributed by atoms with Crippen LogP contribution < -0.4 is 9.47 Å². The molecule has 0 saturated heterocycles. The zero-order chi connectivity index (χ0) is 14.5. The fourth-order valence-corrected chi connectivity index (χ4v) is 4.58. The van der Waals surface area contributed by atoms with Crippen molar-refractivity contribution < 1.29 is 9.47 Å². The molecule has 2 rings (SSSR count). The summed E-state index contributed by atoms with van der Waals surface area (Å²) in [4.78, 5) is 0.336. The summed E-state index contributed by atoms with van der Waals surface area (Å²) >= 11 is 7.43. The van der Waals surface area contributed by atoms with Gasteiger partial charge < -0.3 is 9.47 Å². The van der Waals surface area contributed by atoms with E-state index in [1.54, 1.807) is 14.2 Å². The number of hydrogen-bond donors (Lipinski definition) is 0. The Hall–Kier alpha value is -0.220. The zero-order valence-electron chi connectivity index (χ0n) is 12.1. The van der Waals surface area contributed by atoms with Crippen molar-refractivity contribution in [3.05, 3.63) is 22.2 Å². The molecule has 0 amide bonds. The van der Waals surface area contributed by atoms with Crippen molar-refractivity contribution in [2.45, 2.75) is 43.4 Å². The zero-order valence-corrected chi connectivity index (χ0v) is 15.3. The van der Waals surface area contributed by atoms with Gasteiger partial charge in [-0.1, -0.05) is 54.1 Å². The molecule has 1 unspecified atom stereocenters. The Bertz CT molecular complexity index is 442. The van der Waals surface area contributed by atoms with Gasteiger partial charge in [-0.25, -0.2) is 0 Å². The number of methoxy groups -OCH3 is 2. The van der Waals surface area contributed by atoms with Gasteiger partial charge in [0, 0.05) is 10.4 Å². The first-order chi connectivity index (χ1) is 9.67. The second-order valence-electron chi connectivity index (χ2n) is 5.41. The minimum absolute atomic E-state index is 0.336. The third kappa shape index (κ3) is 3.70. The van der Waals surface area contributed by atoms with E-state index >= 15 is 0 Å². The maximum atomic E-state index is 5.57. The molecule has 0 aliphatic heterocycles. The topological polar surface area (TPSA) is 18.5 Å². The predicted molar refractivity (Wildman–Crippen MR) is 90.1 cm³/mol. The Morgan fingerprint density at radius 3 is 2.45 bits per heavy atom. The molecule has 0 heterocycles. The standard InChI is InChI=1S/C16H22Br2O2/c1-19-14-9-8-12(16(20-2)15(14)18)13(17)10-11-6-4-3-5-7-11/h8-9,11,13H,3-7,10H2,1-2H3. The van der Waals surface area contributed by atoms with Gasteiger partial charge in [0.15, 0.2) is 0 Å². The van der Waals surface area contributed by atoms with Crippen LogP contribution in [0.5, 0.6) is 11.5 Å². The first kappa shape index (κ1) is 16.2. The first-order valence-corrected chi connectivity index (χ1v) is 8.92. The van der Waals surface area contributed by atoms with Gasteiger partial charge in [-0.15, -0.1) is 0 Å². The van der Waals surface area contributed by atoms with Gasteiger partial charge in [0.05, 0.1) is 14.2 Å². The molecule has 0 aromatic heterocycles. The van der Waals surface area contributed by atoms with Crippen LogP contribution in [0.4, 0.5) is 0 Å². The van der Waals surface area contributed by atoms with Crippen molar-refractivity contribution in [1.82, 2.24) is 0 Å². The molecule has 2 nitrogen and oxygen atoms in total. The number of hydrogen-bond acceptors (Lipinski definition) is 2. The highest BCUT2D eigenvalue weighted by molar-refractivity contribution is 9.10. The molecule has 1 aliphatic carbocycles. The van der Waals surface area contributed by atoms with Gasteiger partial charge >= 0.3 is 0 Å². The maximum absolute atomic E-state index is 5.57. The molecule has 1 aromatic rings. The lowest BCUT2D eigenvalue weighted by Gasteiger charge is -2.25. The average Bonchev–Trinajstić information content (AvgIpc) is 2.47. The number of rotatable bonds is 5. The third-order valence-electron chi connectivity index (χ3n) is 4.12. The monoisotopic (exact) mass is 404 g/mol. The molecule has 112 valence electrons. The fourth-order valence-electron chi connectivity index (χ4n) is 3.01. The van der Waals surface area contributed by atoms with Crippen molar-refractivity contribution in [2.24, 2.45) is 5.92 Å². The summed E-state index contributed by atoms with van der Waals surface area (Å²) in [5, 5.41) is 0. The van der Waals surface area contributed by atoms with Crippen LogP contribution in [0.1, 0.15) is 48.9 Å². The molecule has 4 heteroatoms. The smallest absolute Gasteiger partial charge is 0.141 e. The summed E-state index contributed by atoms with van der Waals surface area (Å²) in [6.45, 7) is 0. The van der Waals surface area contributed by atoms with Crippen LogP contribution in [-0.2, 0) is 0 Å². The lowest BCUT2D eigenvalue weighted by atomic mass is 9.85. The van der Waals surface area contributed by atoms with E-state index in [9.17, 15) is 0 Å². The molecule has 1 aliphatic rings. The number of halogens is 2. The highest BCUT2D eigenvalue weighted by Crippen LogP contribution is 2.45. The van der Waals surface area contributed by atoms with Gasteiger partial charge in [0.25, 0.3) is 0 Å². The average molecular weight is 406 g/mol. The molecule has 1 aromatic carbocycles. The van der Waals surface area contributed by atoms with E-state index in [-0.39, 0.29) is 0 Å². The van der Waals surface area contributed by atoms with Gasteiger partial charge in [-0.3, -0.25) is 0 Å². The summed E-state index contributed by atoms with van der Waals surface area (Å²) in [7, 11) is 3.39. The SMILES string of the molecule is COc1ccc(C(Br)CC2CCCCC2)c(OC)c1Br. The van der Waals surface area contributed by atoms with E-state index in [0.717, 1.165) is 21.9 Å². The van der Waals surface area contributed by atoms with E-state index < -0.39 is 0 Å². The summed E-state index contributed by atoms with van der Waals surface area (Å²) in [5.74, 6) is 2.52. The second kappa shape index (κ2) is 7.69.